The summed E-state index contributed by atoms with van der Waals surface area (Å²) in [5.41, 5.74) is 2.38. The van der Waals surface area contributed by atoms with E-state index in [2.05, 4.69) is 4.90 Å². The quantitative estimate of drug-likeness (QED) is 0.461. The van der Waals surface area contributed by atoms with Crippen LogP contribution in [-0.4, -0.2) is 68.2 Å². The molecule has 0 spiro atoms. The maximum atomic E-state index is 13.7. The van der Waals surface area contributed by atoms with Crippen molar-refractivity contribution in [3.63, 3.8) is 0 Å². The van der Waals surface area contributed by atoms with E-state index in [0.29, 0.717) is 51.9 Å². The van der Waals surface area contributed by atoms with Crippen LogP contribution in [0.1, 0.15) is 5.56 Å². The first-order valence-corrected chi connectivity index (χ1v) is 12.0. The van der Waals surface area contributed by atoms with Crippen LogP contribution in [0.3, 0.4) is 0 Å². The van der Waals surface area contributed by atoms with Gasteiger partial charge in [-0.2, -0.15) is 0 Å². The number of rotatable bonds is 5. The van der Waals surface area contributed by atoms with Crippen molar-refractivity contribution in [2.24, 2.45) is 0 Å². The Balaban J connectivity index is 1.55. The molecule has 2 aromatic carbocycles. The number of para-hydroxylation sites is 1. The van der Waals surface area contributed by atoms with E-state index >= 15 is 0 Å². The first-order chi connectivity index (χ1) is 16.5. The van der Waals surface area contributed by atoms with Gasteiger partial charge < -0.3 is 14.2 Å². The molecule has 2 fully saturated rings. The molecular formula is C24H23N3O5S2. The van der Waals surface area contributed by atoms with Gasteiger partial charge in [-0.3, -0.25) is 24.3 Å². The van der Waals surface area contributed by atoms with Gasteiger partial charge in [0.05, 0.1) is 56.0 Å². The molecule has 2 amide bonds. The highest BCUT2D eigenvalue weighted by Gasteiger charge is 2.43. The molecule has 3 heterocycles. The number of carbonyl (C=O) groups excluding carboxylic acids is 2. The largest absolute Gasteiger partial charge is 0.497 e. The van der Waals surface area contributed by atoms with Crippen LogP contribution in [0.25, 0.3) is 5.57 Å². The number of hydrogen-bond acceptors (Lipinski definition) is 8. The van der Waals surface area contributed by atoms with E-state index in [9.17, 15) is 9.59 Å². The molecule has 2 aromatic rings. The standard InChI is InChI=1S/C24H23N3O5S2/c1-30-15-7-8-19(31-2)18(13-15)27-23(29)21(34-24(27)33)20-16-5-3-4-6-17(16)26(22(20)28)14-25-9-11-32-12-10-25/h3-8,13H,9-12,14H2,1-2H3. The van der Waals surface area contributed by atoms with Crippen molar-refractivity contribution in [1.82, 2.24) is 4.90 Å². The van der Waals surface area contributed by atoms with E-state index in [0.717, 1.165) is 36.1 Å². The summed E-state index contributed by atoms with van der Waals surface area (Å²) < 4.78 is 16.6. The highest BCUT2D eigenvalue weighted by molar-refractivity contribution is 8.27. The van der Waals surface area contributed by atoms with Gasteiger partial charge in [-0.25, -0.2) is 0 Å². The summed E-state index contributed by atoms with van der Waals surface area (Å²) in [7, 11) is 3.08. The fraction of sp³-hybridized carbons (Fsp3) is 0.292. The van der Waals surface area contributed by atoms with Crippen molar-refractivity contribution in [3.05, 3.63) is 52.9 Å². The lowest BCUT2D eigenvalue weighted by Gasteiger charge is -2.30. The third-order valence-electron chi connectivity index (χ3n) is 5.99. The van der Waals surface area contributed by atoms with Gasteiger partial charge in [0, 0.05) is 24.7 Å². The molecule has 0 radical (unpaired) electrons. The summed E-state index contributed by atoms with van der Waals surface area (Å²) in [5, 5.41) is 0. The van der Waals surface area contributed by atoms with E-state index in [4.69, 9.17) is 26.4 Å². The van der Waals surface area contributed by atoms with Gasteiger partial charge in [0.25, 0.3) is 11.8 Å². The minimum Gasteiger partial charge on any atom is -0.497 e. The molecule has 0 aromatic heterocycles. The number of thiocarbonyl (C=S) groups is 1. The Labute approximate surface area is 207 Å². The first-order valence-electron chi connectivity index (χ1n) is 10.8. The van der Waals surface area contributed by atoms with Gasteiger partial charge in [-0.15, -0.1) is 0 Å². The van der Waals surface area contributed by atoms with Crippen molar-refractivity contribution in [2.75, 3.05) is 57.0 Å². The Morgan fingerprint density at radius 3 is 2.50 bits per heavy atom. The van der Waals surface area contributed by atoms with Gasteiger partial charge in [-0.1, -0.05) is 42.2 Å². The number of benzene rings is 2. The molecule has 10 heteroatoms. The molecule has 0 atom stereocenters. The molecule has 3 aliphatic heterocycles. The number of hydrogen-bond donors (Lipinski definition) is 0. The van der Waals surface area contributed by atoms with E-state index in [1.807, 2.05) is 24.3 Å². The molecule has 2 saturated heterocycles. The third-order valence-corrected chi connectivity index (χ3v) is 7.36. The minimum atomic E-state index is -0.354. The molecule has 3 aliphatic rings. The number of carbonyl (C=O) groups is 2. The zero-order valence-corrected chi connectivity index (χ0v) is 20.4. The highest BCUT2D eigenvalue weighted by Crippen LogP contribution is 2.47. The minimum absolute atomic E-state index is 0.203. The second kappa shape index (κ2) is 9.38. The average Bonchev–Trinajstić information content (AvgIpc) is 3.31. The SMILES string of the molecule is COc1ccc(OC)c(N2C(=O)C(=C3C(=O)N(CN4CCOCC4)c4ccccc43)SC2=S)c1. The van der Waals surface area contributed by atoms with Crippen LogP contribution in [0.2, 0.25) is 0 Å². The van der Waals surface area contributed by atoms with Crippen LogP contribution >= 0.6 is 24.0 Å². The summed E-state index contributed by atoms with van der Waals surface area (Å²) in [4.78, 5) is 33.0. The number of fused-ring (bicyclic) bond motifs is 1. The van der Waals surface area contributed by atoms with Gasteiger partial charge in [0.1, 0.15) is 11.5 Å². The summed E-state index contributed by atoms with van der Waals surface area (Å²) in [5.74, 6) is 0.491. The summed E-state index contributed by atoms with van der Waals surface area (Å²) in [6.45, 7) is 3.21. The van der Waals surface area contributed by atoms with Crippen molar-refractivity contribution in [3.8, 4) is 11.5 Å². The molecule has 5 rings (SSSR count). The lowest BCUT2D eigenvalue weighted by atomic mass is 10.1. The second-order valence-corrected chi connectivity index (χ2v) is 9.52. The Hall–Kier alpha value is -2.92. The van der Waals surface area contributed by atoms with Crippen LogP contribution in [0.5, 0.6) is 11.5 Å². The van der Waals surface area contributed by atoms with Crippen molar-refractivity contribution >= 4 is 57.1 Å². The fourth-order valence-electron chi connectivity index (χ4n) is 4.28. The monoisotopic (exact) mass is 497 g/mol. The zero-order chi connectivity index (χ0) is 23.8. The Kier molecular flexibility index (Phi) is 6.30. The molecule has 176 valence electrons. The number of morpholine rings is 1. The average molecular weight is 498 g/mol. The van der Waals surface area contributed by atoms with E-state index in [1.54, 1.807) is 30.2 Å². The van der Waals surface area contributed by atoms with Crippen LogP contribution in [0.15, 0.2) is 47.4 Å². The van der Waals surface area contributed by atoms with Gasteiger partial charge in [-0.05, 0) is 18.2 Å². The van der Waals surface area contributed by atoms with Crippen LogP contribution in [0.4, 0.5) is 11.4 Å². The smallest absolute Gasteiger partial charge is 0.271 e. The van der Waals surface area contributed by atoms with E-state index < -0.39 is 0 Å². The van der Waals surface area contributed by atoms with E-state index in [1.165, 1.54) is 12.0 Å². The number of nitrogens with zero attached hydrogens (tertiary/aromatic N) is 3. The predicted octanol–water partition coefficient (Wildman–Crippen LogP) is 3.12. The third kappa shape index (κ3) is 3.86. The fourth-order valence-corrected chi connectivity index (χ4v) is 5.64. The maximum Gasteiger partial charge on any atom is 0.271 e. The molecule has 0 saturated carbocycles. The molecular weight excluding hydrogens is 474 g/mol. The summed E-state index contributed by atoms with van der Waals surface area (Å²) in [6, 6.07) is 12.7. The molecule has 0 unspecified atom stereocenters. The molecule has 34 heavy (non-hydrogen) atoms. The number of ether oxygens (including phenoxy) is 3. The Morgan fingerprint density at radius 1 is 1.00 bits per heavy atom. The van der Waals surface area contributed by atoms with Gasteiger partial charge in [0.15, 0.2) is 4.32 Å². The van der Waals surface area contributed by atoms with Crippen molar-refractivity contribution in [2.45, 2.75) is 0 Å². The highest BCUT2D eigenvalue weighted by atomic mass is 32.2. The molecule has 8 nitrogen and oxygen atoms in total. The molecule has 0 aliphatic carbocycles. The summed E-state index contributed by atoms with van der Waals surface area (Å²) >= 11 is 6.72. The lowest BCUT2D eigenvalue weighted by molar-refractivity contribution is -0.115. The van der Waals surface area contributed by atoms with Crippen LogP contribution < -0.4 is 19.3 Å². The zero-order valence-electron chi connectivity index (χ0n) is 18.8. The van der Waals surface area contributed by atoms with Crippen LogP contribution in [0, 0.1) is 0 Å². The Morgan fingerprint density at radius 2 is 1.76 bits per heavy atom. The van der Waals surface area contributed by atoms with Crippen molar-refractivity contribution in [1.29, 1.82) is 0 Å². The normalized spacial score (nSPS) is 20.8. The molecule has 0 bridgehead atoms. The number of thioether (sulfide) groups is 1. The molecule has 0 N–H and O–H groups in total. The van der Waals surface area contributed by atoms with Crippen LogP contribution in [-0.2, 0) is 14.3 Å². The van der Waals surface area contributed by atoms with E-state index in [-0.39, 0.29) is 11.8 Å². The predicted molar refractivity (Wildman–Crippen MR) is 135 cm³/mol. The first kappa shape index (κ1) is 22.9. The lowest BCUT2D eigenvalue weighted by Crippen LogP contribution is -2.45. The van der Waals surface area contributed by atoms with Gasteiger partial charge >= 0.3 is 0 Å². The maximum absolute atomic E-state index is 13.7. The topological polar surface area (TPSA) is 71.6 Å². The number of anilines is 2. The number of amides is 2. The number of methoxy groups -OCH3 is 2. The Bertz CT molecular complexity index is 1210. The van der Waals surface area contributed by atoms with Gasteiger partial charge in [0.2, 0.25) is 0 Å². The second-order valence-electron chi connectivity index (χ2n) is 7.87. The summed E-state index contributed by atoms with van der Waals surface area (Å²) in [6.07, 6.45) is 0. The van der Waals surface area contributed by atoms with Crippen molar-refractivity contribution < 1.29 is 23.8 Å².